The minimum Gasteiger partial charge on any atom is -0.481 e. The maximum Gasteiger partial charge on any atom is 0.305 e. The lowest BCUT2D eigenvalue weighted by atomic mass is 9.88. The molecule has 2 aliphatic carbocycles. The summed E-state index contributed by atoms with van der Waals surface area (Å²) in [6.07, 6.45) is 11.2. The van der Waals surface area contributed by atoms with Gasteiger partial charge in [-0.05, 0) is 25.7 Å². The third-order valence-corrected chi connectivity index (χ3v) is 4.17. The summed E-state index contributed by atoms with van der Waals surface area (Å²) in [7, 11) is 0. The first-order valence-corrected chi connectivity index (χ1v) is 6.70. The quantitative estimate of drug-likeness (QED) is 0.773. The molecule has 3 nitrogen and oxygen atoms in total. The molecule has 0 bridgehead atoms. The van der Waals surface area contributed by atoms with Gasteiger partial charge in [-0.2, -0.15) is 0 Å². The van der Waals surface area contributed by atoms with Gasteiger partial charge in [0.15, 0.2) is 0 Å². The summed E-state index contributed by atoms with van der Waals surface area (Å²) in [6, 6.07) is 0.575. The van der Waals surface area contributed by atoms with E-state index in [1.165, 1.54) is 44.9 Å². The predicted octanol–water partition coefficient (Wildman–Crippen LogP) is 2.70. The molecule has 0 aliphatic heterocycles. The smallest absolute Gasteiger partial charge is 0.305 e. The number of aliphatic carboxylic acids is 1. The van der Waals surface area contributed by atoms with Gasteiger partial charge in [0, 0.05) is 11.6 Å². The molecular formula is C13H23NO2. The van der Waals surface area contributed by atoms with Gasteiger partial charge in [-0.15, -0.1) is 0 Å². The highest BCUT2D eigenvalue weighted by molar-refractivity contribution is 5.68. The Balaban J connectivity index is 1.93. The second kappa shape index (κ2) is 5.17. The minimum atomic E-state index is -0.648. The molecule has 0 radical (unpaired) electrons. The average molecular weight is 225 g/mol. The summed E-state index contributed by atoms with van der Waals surface area (Å²) < 4.78 is 0. The van der Waals surface area contributed by atoms with Crippen molar-refractivity contribution in [1.29, 1.82) is 0 Å². The first-order chi connectivity index (χ1) is 7.70. The van der Waals surface area contributed by atoms with Crippen molar-refractivity contribution in [1.82, 2.24) is 5.32 Å². The summed E-state index contributed by atoms with van der Waals surface area (Å²) in [5.74, 6) is -0.648. The number of carboxylic acid groups (broad SMARTS) is 1. The highest BCUT2D eigenvalue weighted by atomic mass is 16.4. The van der Waals surface area contributed by atoms with Crippen LogP contribution >= 0.6 is 0 Å². The number of hydrogen-bond donors (Lipinski definition) is 2. The molecule has 2 fully saturated rings. The van der Waals surface area contributed by atoms with E-state index in [9.17, 15) is 4.79 Å². The van der Waals surface area contributed by atoms with E-state index in [0.717, 1.165) is 12.8 Å². The fraction of sp³-hybridized carbons (Fsp3) is 0.923. The van der Waals surface area contributed by atoms with Gasteiger partial charge in [-0.1, -0.05) is 32.1 Å². The van der Waals surface area contributed by atoms with Gasteiger partial charge in [0.25, 0.3) is 0 Å². The Hall–Kier alpha value is -0.570. The summed E-state index contributed by atoms with van der Waals surface area (Å²) in [6.45, 7) is 0. The summed E-state index contributed by atoms with van der Waals surface area (Å²) in [4.78, 5) is 11.0. The Labute approximate surface area is 97.6 Å². The molecule has 0 saturated heterocycles. The van der Waals surface area contributed by atoms with E-state index < -0.39 is 5.97 Å². The first-order valence-electron chi connectivity index (χ1n) is 6.70. The highest BCUT2D eigenvalue weighted by Gasteiger charge is 2.37. The summed E-state index contributed by atoms with van der Waals surface area (Å²) in [5.41, 5.74) is -0.0756. The molecule has 0 spiro atoms. The van der Waals surface area contributed by atoms with Crippen LogP contribution in [0.25, 0.3) is 0 Å². The fourth-order valence-corrected chi connectivity index (χ4v) is 3.39. The monoisotopic (exact) mass is 225 g/mol. The lowest BCUT2D eigenvalue weighted by molar-refractivity contribution is -0.138. The molecule has 2 aliphatic rings. The van der Waals surface area contributed by atoms with Crippen LogP contribution in [-0.4, -0.2) is 22.7 Å². The van der Waals surface area contributed by atoms with Crippen molar-refractivity contribution in [2.75, 3.05) is 0 Å². The van der Waals surface area contributed by atoms with Crippen molar-refractivity contribution < 1.29 is 9.90 Å². The van der Waals surface area contributed by atoms with Crippen molar-refractivity contribution >= 4 is 5.97 Å². The number of rotatable bonds is 4. The molecule has 0 atom stereocenters. The highest BCUT2D eigenvalue weighted by Crippen LogP contribution is 2.34. The number of hydrogen-bond acceptors (Lipinski definition) is 2. The molecule has 2 saturated carbocycles. The number of nitrogens with one attached hydrogen (secondary N) is 1. The third-order valence-electron chi connectivity index (χ3n) is 4.17. The first kappa shape index (κ1) is 11.9. The number of carbonyl (C=O) groups is 1. The van der Waals surface area contributed by atoms with E-state index in [1.807, 2.05) is 0 Å². The van der Waals surface area contributed by atoms with Crippen molar-refractivity contribution in [2.24, 2.45) is 0 Å². The molecule has 16 heavy (non-hydrogen) atoms. The van der Waals surface area contributed by atoms with Gasteiger partial charge in [0.1, 0.15) is 0 Å². The third kappa shape index (κ3) is 2.97. The van der Waals surface area contributed by atoms with Crippen molar-refractivity contribution in [3.63, 3.8) is 0 Å². The van der Waals surface area contributed by atoms with Crippen LogP contribution in [-0.2, 0) is 4.79 Å². The van der Waals surface area contributed by atoms with Crippen LogP contribution in [0.4, 0.5) is 0 Å². The zero-order valence-electron chi connectivity index (χ0n) is 10.0. The second-order valence-corrected chi connectivity index (χ2v) is 5.54. The van der Waals surface area contributed by atoms with E-state index in [-0.39, 0.29) is 5.54 Å². The van der Waals surface area contributed by atoms with E-state index in [4.69, 9.17) is 5.11 Å². The Morgan fingerprint density at radius 1 is 1.12 bits per heavy atom. The Morgan fingerprint density at radius 2 is 1.75 bits per heavy atom. The molecular weight excluding hydrogens is 202 g/mol. The fourth-order valence-electron chi connectivity index (χ4n) is 3.39. The Bertz CT molecular complexity index is 240. The zero-order valence-corrected chi connectivity index (χ0v) is 10.0. The van der Waals surface area contributed by atoms with E-state index in [0.29, 0.717) is 12.5 Å². The minimum absolute atomic E-state index is 0.0756. The van der Waals surface area contributed by atoms with E-state index >= 15 is 0 Å². The van der Waals surface area contributed by atoms with E-state index in [2.05, 4.69) is 5.32 Å². The van der Waals surface area contributed by atoms with Gasteiger partial charge in [-0.3, -0.25) is 4.79 Å². The number of carboxylic acids is 1. The molecule has 0 unspecified atom stereocenters. The second-order valence-electron chi connectivity index (χ2n) is 5.54. The van der Waals surface area contributed by atoms with Gasteiger partial charge < -0.3 is 10.4 Å². The summed E-state index contributed by atoms with van der Waals surface area (Å²) >= 11 is 0. The SMILES string of the molecule is O=C(O)CC1(NC2CCCCC2)CCCC1. The molecule has 0 aromatic heterocycles. The molecule has 0 aromatic rings. The van der Waals surface area contributed by atoms with Crippen LogP contribution in [0.2, 0.25) is 0 Å². The molecule has 0 aromatic carbocycles. The molecule has 2 rings (SSSR count). The molecule has 3 heteroatoms. The standard InChI is InChI=1S/C13H23NO2/c15-12(16)10-13(8-4-5-9-13)14-11-6-2-1-3-7-11/h11,14H,1-10H2,(H,15,16). The van der Waals surface area contributed by atoms with Crippen LogP contribution in [0.1, 0.15) is 64.2 Å². The van der Waals surface area contributed by atoms with Crippen LogP contribution in [0.15, 0.2) is 0 Å². The zero-order chi connectivity index (χ0) is 11.4. The van der Waals surface area contributed by atoms with Crippen LogP contribution in [0.3, 0.4) is 0 Å². The maximum atomic E-state index is 11.0. The van der Waals surface area contributed by atoms with E-state index in [1.54, 1.807) is 0 Å². The lowest BCUT2D eigenvalue weighted by Crippen LogP contribution is -2.50. The van der Waals surface area contributed by atoms with Gasteiger partial charge in [-0.25, -0.2) is 0 Å². The molecule has 92 valence electrons. The van der Waals surface area contributed by atoms with Crippen molar-refractivity contribution in [2.45, 2.75) is 75.8 Å². The molecule has 0 heterocycles. The van der Waals surface area contributed by atoms with Crippen molar-refractivity contribution in [3.8, 4) is 0 Å². The predicted molar refractivity (Wildman–Crippen MR) is 63.5 cm³/mol. The van der Waals surface area contributed by atoms with Crippen LogP contribution in [0.5, 0.6) is 0 Å². The average Bonchev–Trinajstić information content (AvgIpc) is 2.66. The van der Waals surface area contributed by atoms with Gasteiger partial charge >= 0.3 is 5.97 Å². The Kier molecular flexibility index (Phi) is 3.85. The normalized spacial score (nSPS) is 25.8. The lowest BCUT2D eigenvalue weighted by Gasteiger charge is -2.35. The summed E-state index contributed by atoms with van der Waals surface area (Å²) in [5, 5.41) is 12.7. The molecule has 2 N–H and O–H groups in total. The van der Waals surface area contributed by atoms with Crippen molar-refractivity contribution in [3.05, 3.63) is 0 Å². The Morgan fingerprint density at radius 3 is 2.31 bits per heavy atom. The maximum absolute atomic E-state index is 11.0. The topological polar surface area (TPSA) is 49.3 Å². The largest absolute Gasteiger partial charge is 0.481 e. The van der Waals surface area contributed by atoms with Crippen LogP contribution < -0.4 is 5.32 Å². The van der Waals surface area contributed by atoms with Gasteiger partial charge in [0.05, 0.1) is 6.42 Å². The molecule has 0 amide bonds. The van der Waals surface area contributed by atoms with Crippen LogP contribution in [0, 0.1) is 0 Å². The van der Waals surface area contributed by atoms with Gasteiger partial charge in [0.2, 0.25) is 0 Å².